The second-order valence-corrected chi connectivity index (χ2v) is 7.04. The number of aliphatic carboxylic acids is 1. The fourth-order valence-corrected chi connectivity index (χ4v) is 3.89. The van der Waals surface area contributed by atoms with Gasteiger partial charge in [-0.3, -0.25) is 4.79 Å². The molecule has 4 heteroatoms. The van der Waals surface area contributed by atoms with Crippen molar-refractivity contribution in [1.29, 1.82) is 0 Å². The molecule has 0 heterocycles. The Bertz CT molecular complexity index is 684. The molecular weight excluding hydrogens is 326 g/mol. The van der Waals surface area contributed by atoms with Crippen LogP contribution in [0.3, 0.4) is 0 Å². The Morgan fingerprint density at radius 1 is 0.923 bits per heavy atom. The summed E-state index contributed by atoms with van der Waals surface area (Å²) in [5.74, 6) is -1.22. The van der Waals surface area contributed by atoms with Crippen molar-refractivity contribution in [2.24, 2.45) is 5.92 Å². The molecule has 0 radical (unpaired) electrons. The Kier molecular flexibility index (Phi) is 6.05. The average Bonchev–Trinajstić information content (AvgIpc) is 3.16. The van der Waals surface area contributed by atoms with Gasteiger partial charge in [-0.1, -0.05) is 73.5 Å². The lowest BCUT2D eigenvalue weighted by Gasteiger charge is -2.26. The lowest BCUT2D eigenvalue weighted by atomic mass is 9.84. The van der Waals surface area contributed by atoms with E-state index in [1.807, 2.05) is 60.7 Å². The third-order valence-electron chi connectivity index (χ3n) is 5.18. The molecule has 0 unspecified atom stereocenters. The van der Waals surface area contributed by atoms with E-state index in [2.05, 4.69) is 5.32 Å². The van der Waals surface area contributed by atoms with E-state index in [1.54, 1.807) is 0 Å². The minimum Gasteiger partial charge on any atom is -0.480 e. The maximum Gasteiger partial charge on any atom is 0.327 e. The maximum atomic E-state index is 12.5. The van der Waals surface area contributed by atoms with Crippen molar-refractivity contribution in [2.45, 2.75) is 44.1 Å². The standard InChI is InChI=1S/C22H25NO3/c24-19(15-16-9-7-8-10-16)23-21(22(25)26)20(17-11-3-1-4-12-17)18-13-5-2-6-14-18/h1-6,11-14,16,20-21H,7-10,15H2,(H,23,24)(H,25,26)/t21-/m1/s1. The summed E-state index contributed by atoms with van der Waals surface area (Å²) in [6.45, 7) is 0. The number of rotatable bonds is 7. The van der Waals surface area contributed by atoms with Gasteiger partial charge in [0.15, 0.2) is 0 Å². The highest BCUT2D eigenvalue weighted by Gasteiger charge is 2.32. The van der Waals surface area contributed by atoms with Gasteiger partial charge in [0.05, 0.1) is 0 Å². The smallest absolute Gasteiger partial charge is 0.327 e. The second kappa shape index (κ2) is 8.65. The van der Waals surface area contributed by atoms with E-state index in [0.29, 0.717) is 12.3 Å². The van der Waals surface area contributed by atoms with E-state index in [0.717, 1.165) is 36.8 Å². The van der Waals surface area contributed by atoms with E-state index in [4.69, 9.17) is 0 Å². The first kappa shape index (κ1) is 18.2. The average molecular weight is 351 g/mol. The van der Waals surface area contributed by atoms with Crippen LogP contribution in [0.2, 0.25) is 0 Å². The van der Waals surface area contributed by atoms with Gasteiger partial charge in [-0.2, -0.15) is 0 Å². The molecule has 0 bridgehead atoms. The first-order valence-electron chi connectivity index (χ1n) is 9.27. The lowest BCUT2D eigenvalue weighted by Crippen LogP contribution is -2.45. The van der Waals surface area contributed by atoms with E-state index in [9.17, 15) is 14.7 Å². The predicted octanol–water partition coefficient (Wildman–Crippen LogP) is 3.97. The zero-order valence-electron chi connectivity index (χ0n) is 14.8. The number of carbonyl (C=O) groups excluding carboxylic acids is 1. The monoisotopic (exact) mass is 351 g/mol. The quantitative estimate of drug-likeness (QED) is 0.793. The molecule has 3 rings (SSSR count). The number of carboxylic acid groups (broad SMARTS) is 1. The molecule has 1 fully saturated rings. The second-order valence-electron chi connectivity index (χ2n) is 7.04. The molecule has 1 amide bonds. The highest BCUT2D eigenvalue weighted by atomic mass is 16.4. The van der Waals surface area contributed by atoms with Gasteiger partial charge in [0.1, 0.15) is 6.04 Å². The van der Waals surface area contributed by atoms with Crippen molar-refractivity contribution < 1.29 is 14.7 Å². The molecule has 4 nitrogen and oxygen atoms in total. The van der Waals surface area contributed by atoms with Crippen molar-refractivity contribution in [3.63, 3.8) is 0 Å². The van der Waals surface area contributed by atoms with Crippen LogP contribution < -0.4 is 5.32 Å². The molecule has 0 saturated heterocycles. The molecule has 2 N–H and O–H groups in total. The summed E-state index contributed by atoms with van der Waals surface area (Å²) in [6.07, 6.45) is 4.87. The van der Waals surface area contributed by atoms with Crippen LogP contribution >= 0.6 is 0 Å². The highest BCUT2D eigenvalue weighted by molar-refractivity contribution is 5.85. The molecule has 1 saturated carbocycles. The summed E-state index contributed by atoms with van der Waals surface area (Å²) >= 11 is 0. The molecule has 26 heavy (non-hydrogen) atoms. The minimum absolute atomic E-state index is 0.166. The van der Waals surface area contributed by atoms with Crippen molar-refractivity contribution >= 4 is 11.9 Å². The van der Waals surface area contributed by atoms with Gasteiger partial charge < -0.3 is 10.4 Å². The van der Waals surface area contributed by atoms with Gasteiger partial charge in [0, 0.05) is 12.3 Å². The van der Waals surface area contributed by atoms with Crippen molar-refractivity contribution in [2.75, 3.05) is 0 Å². The molecule has 1 aliphatic carbocycles. The fraction of sp³-hybridized carbons (Fsp3) is 0.364. The number of hydrogen-bond donors (Lipinski definition) is 2. The fourth-order valence-electron chi connectivity index (χ4n) is 3.89. The Hall–Kier alpha value is -2.62. The summed E-state index contributed by atoms with van der Waals surface area (Å²) < 4.78 is 0. The Morgan fingerprint density at radius 2 is 1.42 bits per heavy atom. The van der Waals surface area contributed by atoms with Gasteiger partial charge in [-0.05, 0) is 29.9 Å². The molecule has 136 valence electrons. The number of nitrogens with one attached hydrogen (secondary N) is 1. The Morgan fingerprint density at radius 3 is 1.88 bits per heavy atom. The van der Waals surface area contributed by atoms with Gasteiger partial charge in [-0.15, -0.1) is 0 Å². The van der Waals surface area contributed by atoms with Crippen LogP contribution in [0.4, 0.5) is 0 Å². The molecule has 0 aromatic heterocycles. The number of carboxylic acids is 1. The largest absolute Gasteiger partial charge is 0.480 e. The van der Waals surface area contributed by atoms with Crippen LogP contribution in [-0.4, -0.2) is 23.0 Å². The zero-order chi connectivity index (χ0) is 18.4. The Balaban J connectivity index is 1.85. The summed E-state index contributed by atoms with van der Waals surface area (Å²) in [4.78, 5) is 24.6. The van der Waals surface area contributed by atoms with E-state index >= 15 is 0 Å². The van der Waals surface area contributed by atoms with Gasteiger partial charge in [-0.25, -0.2) is 4.79 Å². The molecular formula is C22H25NO3. The summed E-state index contributed by atoms with van der Waals surface area (Å²) in [5.41, 5.74) is 1.76. The predicted molar refractivity (Wildman–Crippen MR) is 101 cm³/mol. The zero-order valence-corrected chi connectivity index (χ0v) is 14.8. The summed E-state index contributed by atoms with van der Waals surface area (Å²) in [7, 11) is 0. The maximum absolute atomic E-state index is 12.5. The van der Waals surface area contributed by atoms with Crippen LogP contribution in [-0.2, 0) is 9.59 Å². The summed E-state index contributed by atoms with van der Waals surface area (Å²) in [6, 6.07) is 18.0. The normalized spacial score (nSPS) is 15.7. The third kappa shape index (κ3) is 4.51. The molecule has 1 atom stereocenters. The van der Waals surface area contributed by atoms with Crippen LogP contribution in [0.25, 0.3) is 0 Å². The van der Waals surface area contributed by atoms with Crippen LogP contribution in [0.15, 0.2) is 60.7 Å². The van der Waals surface area contributed by atoms with Crippen molar-refractivity contribution in [1.82, 2.24) is 5.32 Å². The number of amides is 1. The van der Waals surface area contributed by atoms with Crippen LogP contribution in [0.1, 0.15) is 49.1 Å². The minimum atomic E-state index is -1.01. The first-order chi connectivity index (χ1) is 12.6. The topological polar surface area (TPSA) is 66.4 Å². The third-order valence-corrected chi connectivity index (χ3v) is 5.18. The Labute approximate surface area is 154 Å². The van der Waals surface area contributed by atoms with Crippen molar-refractivity contribution in [3.8, 4) is 0 Å². The van der Waals surface area contributed by atoms with Crippen molar-refractivity contribution in [3.05, 3.63) is 71.8 Å². The summed E-state index contributed by atoms with van der Waals surface area (Å²) in [5, 5.41) is 12.7. The van der Waals surface area contributed by atoms with Gasteiger partial charge in [0.25, 0.3) is 0 Å². The number of hydrogen-bond acceptors (Lipinski definition) is 2. The molecule has 2 aromatic rings. The van der Waals surface area contributed by atoms with Crippen LogP contribution in [0.5, 0.6) is 0 Å². The number of carbonyl (C=O) groups is 2. The van der Waals surface area contributed by atoms with Gasteiger partial charge >= 0.3 is 5.97 Å². The van der Waals surface area contributed by atoms with Crippen LogP contribution in [0, 0.1) is 5.92 Å². The lowest BCUT2D eigenvalue weighted by molar-refractivity contribution is -0.142. The molecule has 0 spiro atoms. The van der Waals surface area contributed by atoms with E-state index in [-0.39, 0.29) is 5.91 Å². The SMILES string of the molecule is O=C(CC1CCCC1)N[C@@H](C(=O)O)C(c1ccccc1)c1ccccc1. The van der Waals surface area contributed by atoms with E-state index in [1.165, 1.54) is 0 Å². The highest BCUT2D eigenvalue weighted by Crippen LogP contribution is 2.30. The van der Waals surface area contributed by atoms with E-state index < -0.39 is 17.9 Å². The molecule has 0 aliphatic heterocycles. The first-order valence-corrected chi connectivity index (χ1v) is 9.27. The molecule has 1 aliphatic rings. The number of benzene rings is 2. The molecule has 2 aromatic carbocycles. The van der Waals surface area contributed by atoms with Gasteiger partial charge in [0.2, 0.25) is 5.91 Å².